The van der Waals surface area contributed by atoms with Gasteiger partial charge in [0.15, 0.2) is 5.17 Å². The van der Waals surface area contributed by atoms with Crippen molar-refractivity contribution in [1.82, 2.24) is 10.3 Å². The molecule has 1 amide bonds. The molecule has 0 aromatic rings. The number of nitrogens with one attached hydrogen (secondary N) is 1. The fourth-order valence-electron chi connectivity index (χ4n) is 1.51. The van der Waals surface area contributed by atoms with Crippen molar-refractivity contribution in [3.05, 3.63) is 0 Å². The highest BCUT2D eigenvalue weighted by Crippen LogP contribution is 2.15. The number of likely N-dealkylation sites (tertiary alicyclic amines) is 1. The summed E-state index contributed by atoms with van der Waals surface area (Å²) in [6, 6.07) is 0. The number of piperidine rings is 1. The van der Waals surface area contributed by atoms with Crippen LogP contribution >= 0.6 is 11.8 Å². The van der Waals surface area contributed by atoms with Gasteiger partial charge in [-0.15, -0.1) is 5.10 Å². The Morgan fingerprint density at radius 2 is 2.19 bits per heavy atom. The minimum Gasteiger partial charge on any atom is -0.393 e. The Morgan fingerprint density at radius 1 is 1.56 bits per heavy atom. The number of carbonyl (C=O) groups is 1. The van der Waals surface area contributed by atoms with Gasteiger partial charge < -0.3 is 10.0 Å². The van der Waals surface area contributed by atoms with Crippen molar-refractivity contribution in [2.45, 2.75) is 32.8 Å². The van der Waals surface area contributed by atoms with E-state index < -0.39 is 0 Å². The predicted octanol–water partition coefficient (Wildman–Crippen LogP) is 0.603. The van der Waals surface area contributed by atoms with E-state index in [0.717, 1.165) is 36.9 Å². The van der Waals surface area contributed by atoms with E-state index in [1.165, 1.54) is 6.92 Å². The number of amidine groups is 1. The number of aliphatic hydroxyl groups excluding tert-OH is 1. The molecule has 1 heterocycles. The zero-order chi connectivity index (χ0) is 12.0. The maximum absolute atomic E-state index is 10.8. The van der Waals surface area contributed by atoms with Crippen molar-refractivity contribution in [3.8, 4) is 0 Å². The summed E-state index contributed by atoms with van der Waals surface area (Å²) < 4.78 is 0. The lowest BCUT2D eigenvalue weighted by Gasteiger charge is -2.31. The van der Waals surface area contributed by atoms with Crippen LogP contribution in [0.2, 0.25) is 0 Å². The second-order valence-corrected chi connectivity index (χ2v) is 4.94. The van der Waals surface area contributed by atoms with Gasteiger partial charge in [-0.2, -0.15) is 0 Å². The molecule has 1 fully saturated rings. The first-order chi connectivity index (χ1) is 7.63. The number of thioether (sulfide) groups is 1. The average molecular weight is 245 g/mol. The number of aliphatic hydroxyl groups is 1. The molecule has 92 valence electrons. The van der Waals surface area contributed by atoms with Crippen molar-refractivity contribution in [1.29, 1.82) is 0 Å². The Kier molecular flexibility index (Phi) is 5.62. The minimum atomic E-state index is -0.190. The molecular formula is C10H19N3O2S. The second-order valence-electron chi connectivity index (χ2n) is 3.71. The van der Waals surface area contributed by atoms with Crippen LogP contribution in [0.1, 0.15) is 26.7 Å². The van der Waals surface area contributed by atoms with Gasteiger partial charge in [-0.3, -0.25) is 4.79 Å². The zero-order valence-electron chi connectivity index (χ0n) is 9.77. The summed E-state index contributed by atoms with van der Waals surface area (Å²) in [5.74, 6) is 0.753. The third kappa shape index (κ3) is 4.40. The average Bonchev–Trinajstić information content (AvgIpc) is 2.25. The smallest absolute Gasteiger partial charge is 0.237 e. The first-order valence-corrected chi connectivity index (χ1v) is 6.52. The van der Waals surface area contributed by atoms with Crippen molar-refractivity contribution in [3.63, 3.8) is 0 Å². The van der Waals surface area contributed by atoms with Gasteiger partial charge in [0.25, 0.3) is 0 Å². The first-order valence-electron chi connectivity index (χ1n) is 5.53. The van der Waals surface area contributed by atoms with Crippen LogP contribution in [0.15, 0.2) is 5.10 Å². The van der Waals surface area contributed by atoms with E-state index in [1.807, 2.05) is 6.92 Å². The monoisotopic (exact) mass is 245 g/mol. The molecular weight excluding hydrogens is 226 g/mol. The normalized spacial score (nSPS) is 18.7. The molecule has 1 rings (SSSR count). The Balaban J connectivity index is 2.55. The molecule has 0 atom stereocenters. The third-order valence-corrected chi connectivity index (χ3v) is 3.21. The zero-order valence-corrected chi connectivity index (χ0v) is 10.6. The summed E-state index contributed by atoms with van der Waals surface area (Å²) in [6.07, 6.45) is 1.34. The molecule has 0 saturated carbocycles. The summed E-state index contributed by atoms with van der Waals surface area (Å²) in [6.45, 7) is 5.09. The van der Waals surface area contributed by atoms with Crippen molar-refractivity contribution in [2.24, 2.45) is 5.10 Å². The first kappa shape index (κ1) is 13.3. The van der Waals surface area contributed by atoms with Gasteiger partial charge in [-0.05, 0) is 18.6 Å². The number of hydrogen-bond acceptors (Lipinski definition) is 4. The van der Waals surface area contributed by atoms with Gasteiger partial charge in [0, 0.05) is 20.0 Å². The highest BCUT2D eigenvalue weighted by Gasteiger charge is 2.20. The topological polar surface area (TPSA) is 64.9 Å². The number of hydrogen-bond donors (Lipinski definition) is 2. The van der Waals surface area contributed by atoms with Gasteiger partial charge in [0.05, 0.1) is 6.10 Å². The van der Waals surface area contributed by atoms with Gasteiger partial charge >= 0.3 is 0 Å². The highest BCUT2D eigenvalue weighted by molar-refractivity contribution is 8.13. The van der Waals surface area contributed by atoms with Crippen molar-refractivity contribution < 1.29 is 9.90 Å². The maximum Gasteiger partial charge on any atom is 0.237 e. The highest BCUT2D eigenvalue weighted by atomic mass is 32.2. The Morgan fingerprint density at radius 3 is 2.69 bits per heavy atom. The quantitative estimate of drug-likeness (QED) is 0.425. The third-order valence-electron chi connectivity index (χ3n) is 2.32. The minimum absolute atomic E-state index is 0.161. The van der Waals surface area contributed by atoms with Gasteiger partial charge in [0.1, 0.15) is 0 Å². The Labute approximate surface area is 100 Å². The van der Waals surface area contributed by atoms with Crippen LogP contribution in [0.4, 0.5) is 0 Å². The lowest BCUT2D eigenvalue weighted by molar-refractivity contribution is -0.118. The Hall–Kier alpha value is -0.750. The molecule has 1 aliphatic heterocycles. The standard InChI is InChI=1S/C10H19N3O2S/c1-3-16-10(12-11-8(2)14)13-6-4-9(15)5-7-13/h9,15H,3-7H2,1-2H3,(H,11,14)/b12-10-. The molecule has 0 radical (unpaired) electrons. The largest absolute Gasteiger partial charge is 0.393 e. The predicted molar refractivity (Wildman–Crippen MR) is 66.2 cm³/mol. The lowest BCUT2D eigenvalue weighted by Crippen LogP contribution is -2.39. The van der Waals surface area contributed by atoms with Crippen molar-refractivity contribution in [2.75, 3.05) is 18.8 Å². The van der Waals surface area contributed by atoms with Gasteiger partial charge in [-0.1, -0.05) is 18.7 Å². The summed E-state index contributed by atoms with van der Waals surface area (Å²) in [5.41, 5.74) is 2.46. The Bertz CT molecular complexity index is 263. The summed E-state index contributed by atoms with van der Waals surface area (Å²) in [5, 5.41) is 14.3. The van der Waals surface area contributed by atoms with E-state index in [-0.39, 0.29) is 12.0 Å². The van der Waals surface area contributed by atoms with Gasteiger partial charge in [-0.25, -0.2) is 5.43 Å². The number of amides is 1. The summed E-state index contributed by atoms with van der Waals surface area (Å²) in [7, 11) is 0. The van der Waals surface area contributed by atoms with E-state index in [1.54, 1.807) is 11.8 Å². The summed E-state index contributed by atoms with van der Waals surface area (Å²) in [4.78, 5) is 12.9. The molecule has 5 nitrogen and oxygen atoms in total. The van der Waals surface area contributed by atoms with Crippen LogP contribution in [-0.4, -0.2) is 46.0 Å². The number of carbonyl (C=O) groups excluding carboxylic acids is 1. The second kappa shape index (κ2) is 6.75. The SMILES string of the molecule is CCS/C(=N\NC(C)=O)N1CCC(O)CC1. The van der Waals surface area contributed by atoms with Gasteiger partial charge in [0.2, 0.25) is 5.91 Å². The lowest BCUT2D eigenvalue weighted by atomic mass is 10.1. The molecule has 6 heteroatoms. The molecule has 2 N–H and O–H groups in total. The molecule has 0 aliphatic carbocycles. The van der Waals surface area contributed by atoms with Crippen LogP contribution in [0.3, 0.4) is 0 Å². The maximum atomic E-state index is 10.8. The van der Waals surface area contributed by atoms with Crippen LogP contribution in [0, 0.1) is 0 Å². The number of hydrazone groups is 1. The van der Waals surface area contributed by atoms with E-state index >= 15 is 0 Å². The van der Waals surface area contributed by atoms with Crippen LogP contribution in [-0.2, 0) is 4.79 Å². The molecule has 0 unspecified atom stereocenters. The molecule has 16 heavy (non-hydrogen) atoms. The molecule has 0 bridgehead atoms. The van der Waals surface area contributed by atoms with Crippen LogP contribution in [0.5, 0.6) is 0 Å². The van der Waals surface area contributed by atoms with E-state index in [9.17, 15) is 9.90 Å². The molecule has 0 aromatic carbocycles. The molecule has 0 aromatic heterocycles. The molecule has 1 saturated heterocycles. The van der Waals surface area contributed by atoms with Crippen LogP contribution < -0.4 is 5.43 Å². The fourth-order valence-corrected chi connectivity index (χ4v) is 2.24. The van der Waals surface area contributed by atoms with E-state index in [0.29, 0.717) is 0 Å². The fraction of sp³-hybridized carbons (Fsp3) is 0.800. The molecule has 1 aliphatic rings. The number of nitrogens with zero attached hydrogens (tertiary/aromatic N) is 2. The molecule has 0 spiro atoms. The van der Waals surface area contributed by atoms with Crippen LogP contribution in [0.25, 0.3) is 0 Å². The van der Waals surface area contributed by atoms with E-state index in [4.69, 9.17) is 0 Å². The van der Waals surface area contributed by atoms with E-state index in [2.05, 4.69) is 15.4 Å². The summed E-state index contributed by atoms with van der Waals surface area (Å²) >= 11 is 1.61. The van der Waals surface area contributed by atoms with Crippen molar-refractivity contribution >= 4 is 22.8 Å². The number of rotatable bonds is 2.